The lowest BCUT2D eigenvalue weighted by molar-refractivity contribution is 0.236. The first-order chi connectivity index (χ1) is 6.13. The molecule has 0 bridgehead atoms. The van der Waals surface area contributed by atoms with Crippen LogP contribution in [0.15, 0.2) is 16.5 Å². The highest BCUT2D eigenvalue weighted by Crippen LogP contribution is 2.14. The van der Waals surface area contributed by atoms with E-state index in [9.17, 15) is 4.79 Å². The van der Waals surface area contributed by atoms with E-state index in [2.05, 4.69) is 5.32 Å². The van der Waals surface area contributed by atoms with Crippen LogP contribution in [0.2, 0.25) is 0 Å². The molecule has 0 spiro atoms. The van der Waals surface area contributed by atoms with E-state index in [-0.39, 0.29) is 6.04 Å². The molecule has 0 saturated heterocycles. The predicted molar refractivity (Wildman–Crippen MR) is 47.7 cm³/mol. The smallest absolute Gasteiger partial charge is 0.329 e. The molecule has 2 amide bonds. The van der Waals surface area contributed by atoms with Gasteiger partial charge in [-0.1, -0.05) is 0 Å². The normalized spacial score (nSPS) is 12.2. The highest BCUT2D eigenvalue weighted by Gasteiger charge is 2.10. The molecule has 0 aliphatic rings. The van der Waals surface area contributed by atoms with Crippen molar-refractivity contribution in [3.8, 4) is 0 Å². The second-order valence-electron chi connectivity index (χ2n) is 2.79. The van der Waals surface area contributed by atoms with Crippen LogP contribution < -0.4 is 16.6 Å². The number of carbonyl (C=O) groups excluding carboxylic acids is 1. The Morgan fingerprint density at radius 1 is 1.62 bits per heavy atom. The van der Waals surface area contributed by atoms with Crippen molar-refractivity contribution in [1.29, 1.82) is 0 Å². The summed E-state index contributed by atoms with van der Waals surface area (Å²) in [4.78, 5) is 10.8. The molecule has 1 heterocycles. The first-order valence-corrected chi connectivity index (χ1v) is 3.97. The standard InChI is InChI=1S/C8H13N3O2/c1-5-3-4-7(13-5)6(2)10-8(12)11-9/h3-4,6H,9H2,1-2H3,(H2,10,11,12). The lowest BCUT2D eigenvalue weighted by Gasteiger charge is -2.09. The second kappa shape index (κ2) is 3.95. The van der Waals surface area contributed by atoms with Gasteiger partial charge >= 0.3 is 6.03 Å². The van der Waals surface area contributed by atoms with Crippen LogP contribution in [0.3, 0.4) is 0 Å². The molecule has 72 valence electrons. The minimum Gasteiger partial charge on any atom is -0.464 e. The summed E-state index contributed by atoms with van der Waals surface area (Å²) in [7, 11) is 0. The first kappa shape index (κ1) is 9.60. The quantitative estimate of drug-likeness (QED) is 0.361. The molecule has 1 atom stereocenters. The third-order valence-corrected chi connectivity index (χ3v) is 1.67. The van der Waals surface area contributed by atoms with Gasteiger partial charge in [0.05, 0.1) is 6.04 Å². The lowest BCUT2D eigenvalue weighted by atomic mass is 10.2. The van der Waals surface area contributed by atoms with E-state index in [1.165, 1.54) is 0 Å². The van der Waals surface area contributed by atoms with E-state index in [0.29, 0.717) is 5.76 Å². The maximum Gasteiger partial charge on any atom is 0.329 e. The fourth-order valence-corrected chi connectivity index (χ4v) is 0.996. The summed E-state index contributed by atoms with van der Waals surface area (Å²) in [5, 5.41) is 2.59. The molecule has 0 saturated carbocycles. The largest absolute Gasteiger partial charge is 0.464 e. The monoisotopic (exact) mass is 183 g/mol. The lowest BCUT2D eigenvalue weighted by Crippen LogP contribution is -2.40. The molecule has 0 aliphatic carbocycles. The summed E-state index contributed by atoms with van der Waals surface area (Å²) in [5.74, 6) is 6.44. The van der Waals surface area contributed by atoms with Gasteiger partial charge in [0.1, 0.15) is 11.5 Å². The summed E-state index contributed by atoms with van der Waals surface area (Å²) in [5.41, 5.74) is 1.98. The van der Waals surface area contributed by atoms with E-state index < -0.39 is 6.03 Å². The van der Waals surface area contributed by atoms with Gasteiger partial charge < -0.3 is 9.73 Å². The van der Waals surface area contributed by atoms with Crippen LogP contribution in [0.25, 0.3) is 0 Å². The molecule has 0 aromatic carbocycles. The number of amides is 2. The van der Waals surface area contributed by atoms with Crippen molar-refractivity contribution in [2.24, 2.45) is 5.84 Å². The van der Waals surface area contributed by atoms with Gasteiger partial charge in [0, 0.05) is 0 Å². The van der Waals surface area contributed by atoms with Crippen molar-refractivity contribution in [1.82, 2.24) is 10.7 Å². The van der Waals surface area contributed by atoms with Gasteiger partial charge in [0.15, 0.2) is 0 Å². The van der Waals surface area contributed by atoms with Crippen LogP contribution in [0.5, 0.6) is 0 Å². The molecule has 0 radical (unpaired) electrons. The summed E-state index contributed by atoms with van der Waals surface area (Å²) in [6, 6.07) is 3.05. The number of carbonyl (C=O) groups is 1. The summed E-state index contributed by atoms with van der Waals surface area (Å²) >= 11 is 0. The van der Waals surface area contributed by atoms with Gasteiger partial charge in [0.2, 0.25) is 0 Å². The van der Waals surface area contributed by atoms with E-state index in [0.717, 1.165) is 5.76 Å². The Hall–Kier alpha value is -1.49. The maximum absolute atomic E-state index is 10.8. The molecule has 5 heteroatoms. The van der Waals surface area contributed by atoms with Crippen LogP contribution >= 0.6 is 0 Å². The number of furan rings is 1. The van der Waals surface area contributed by atoms with Gasteiger partial charge in [-0.2, -0.15) is 0 Å². The Bertz CT molecular complexity index is 295. The zero-order chi connectivity index (χ0) is 9.84. The van der Waals surface area contributed by atoms with Gasteiger partial charge in [-0.05, 0) is 26.0 Å². The number of nitrogens with one attached hydrogen (secondary N) is 2. The number of hydrogen-bond donors (Lipinski definition) is 3. The summed E-state index contributed by atoms with van der Waals surface area (Å²) < 4.78 is 5.31. The van der Waals surface area contributed by atoms with E-state index in [4.69, 9.17) is 10.3 Å². The fourth-order valence-electron chi connectivity index (χ4n) is 0.996. The summed E-state index contributed by atoms with van der Waals surface area (Å²) in [6.07, 6.45) is 0. The molecule has 1 aromatic heterocycles. The molecule has 13 heavy (non-hydrogen) atoms. The molecule has 1 unspecified atom stereocenters. The molecular weight excluding hydrogens is 170 g/mol. The average molecular weight is 183 g/mol. The number of urea groups is 1. The topological polar surface area (TPSA) is 80.3 Å². The van der Waals surface area contributed by atoms with E-state index >= 15 is 0 Å². The van der Waals surface area contributed by atoms with Gasteiger partial charge in [0.25, 0.3) is 0 Å². The predicted octanol–water partition coefficient (Wildman–Crippen LogP) is 0.822. The minimum atomic E-state index is -0.429. The van der Waals surface area contributed by atoms with E-state index in [1.54, 1.807) is 0 Å². The third kappa shape index (κ3) is 2.48. The zero-order valence-corrected chi connectivity index (χ0v) is 7.63. The van der Waals surface area contributed by atoms with Crippen LogP contribution in [0, 0.1) is 6.92 Å². The average Bonchev–Trinajstić information content (AvgIpc) is 2.51. The van der Waals surface area contributed by atoms with Crippen LogP contribution in [-0.2, 0) is 0 Å². The molecule has 1 aromatic rings. The molecule has 0 fully saturated rings. The minimum absolute atomic E-state index is 0.183. The number of hydrazine groups is 1. The van der Waals surface area contributed by atoms with Crippen molar-refractivity contribution in [3.05, 3.63) is 23.7 Å². The van der Waals surface area contributed by atoms with Crippen molar-refractivity contribution >= 4 is 6.03 Å². The van der Waals surface area contributed by atoms with Gasteiger partial charge in [-0.25, -0.2) is 10.6 Å². The number of nitrogens with two attached hydrogens (primary N) is 1. The molecular formula is C8H13N3O2. The Morgan fingerprint density at radius 3 is 2.77 bits per heavy atom. The fraction of sp³-hybridized carbons (Fsp3) is 0.375. The second-order valence-corrected chi connectivity index (χ2v) is 2.79. The van der Waals surface area contributed by atoms with Crippen molar-refractivity contribution in [2.75, 3.05) is 0 Å². The van der Waals surface area contributed by atoms with Gasteiger partial charge in [-0.15, -0.1) is 0 Å². The summed E-state index contributed by atoms with van der Waals surface area (Å²) in [6.45, 7) is 3.66. The van der Waals surface area contributed by atoms with Gasteiger partial charge in [-0.3, -0.25) is 5.43 Å². The van der Waals surface area contributed by atoms with Crippen LogP contribution in [0.4, 0.5) is 4.79 Å². The van der Waals surface area contributed by atoms with Crippen LogP contribution in [0.1, 0.15) is 24.5 Å². The molecule has 1 rings (SSSR count). The number of rotatable bonds is 2. The Labute approximate surface area is 76.3 Å². The Balaban J connectivity index is 2.58. The van der Waals surface area contributed by atoms with E-state index in [1.807, 2.05) is 31.4 Å². The molecule has 0 aliphatic heterocycles. The zero-order valence-electron chi connectivity index (χ0n) is 7.63. The first-order valence-electron chi connectivity index (χ1n) is 3.97. The van der Waals surface area contributed by atoms with Crippen molar-refractivity contribution in [2.45, 2.75) is 19.9 Å². The highest BCUT2D eigenvalue weighted by atomic mass is 16.3. The highest BCUT2D eigenvalue weighted by molar-refractivity contribution is 5.73. The third-order valence-electron chi connectivity index (χ3n) is 1.67. The maximum atomic E-state index is 10.8. The number of hydrogen-bond acceptors (Lipinski definition) is 3. The van der Waals surface area contributed by atoms with Crippen molar-refractivity contribution < 1.29 is 9.21 Å². The number of aryl methyl sites for hydroxylation is 1. The Morgan fingerprint density at radius 2 is 2.31 bits per heavy atom. The molecule has 4 N–H and O–H groups in total. The SMILES string of the molecule is Cc1ccc(C(C)NC(=O)NN)o1. The van der Waals surface area contributed by atoms with Crippen LogP contribution in [-0.4, -0.2) is 6.03 Å². The molecule has 5 nitrogen and oxygen atoms in total. The Kier molecular flexibility index (Phi) is 2.92. The van der Waals surface area contributed by atoms with Crippen molar-refractivity contribution in [3.63, 3.8) is 0 Å².